The van der Waals surface area contributed by atoms with Crippen LogP contribution in [0.1, 0.15) is 29.8 Å². The summed E-state index contributed by atoms with van der Waals surface area (Å²) in [5.41, 5.74) is 0.911. The van der Waals surface area contributed by atoms with E-state index >= 15 is 0 Å². The third-order valence-electron chi connectivity index (χ3n) is 3.71. The van der Waals surface area contributed by atoms with Gasteiger partial charge in [0.25, 0.3) is 5.91 Å². The van der Waals surface area contributed by atoms with Crippen molar-refractivity contribution in [2.45, 2.75) is 20.0 Å². The van der Waals surface area contributed by atoms with Gasteiger partial charge in [-0.05, 0) is 50.2 Å². The van der Waals surface area contributed by atoms with Gasteiger partial charge in [0.1, 0.15) is 6.07 Å². The molecule has 28 heavy (non-hydrogen) atoms. The minimum Gasteiger partial charge on any atom is -0.493 e. The zero-order valence-corrected chi connectivity index (χ0v) is 16.4. The van der Waals surface area contributed by atoms with Gasteiger partial charge in [0, 0.05) is 5.69 Å². The van der Waals surface area contributed by atoms with Crippen LogP contribution >= 0.6 is 11.6 Å². The van der Waals surface area contributed by atoms with Gasteiger partial charge in [-0.25, -0.2) is 4.79 Å². The average Bonchev–Trinajstić information content (AvgIpc) is 2.68. The molecule has 0 saturated carbocycles. The number of rotatable bonds is 7. The first-order chi connectivity index (χ1) is 13.4. The lowest BCUT2D eigenvalue weighted by Crippen LogP contribution is -2.30. The largest absolute Gasteiger partial charge is 0.493 e. The van der Waals surface area contributed by atoms with Gasteiger partial charge in [-0.15, -0.1) is 0 Å². The van der Waals surface area contributed by atoms with E-state index < -0.39 is 18.0 Å². The summed E-state index contributed by atoms with van der Waals surface area (Å²) in [6, 6.07) is 11.0. The number of hydrogen-bond donors (Lipinski definition) is 1. The van der Waals surface area contributed by atoms with E-state index in [1.165, 1.54) is 44.4 Å². The van der Waals surface area contributed by atoms with Crippen LogP contribution in [0.25, 0.3) is 0 Å². The van der Waals surface area contributed by atoms with E-state index in [1.807, 2.05) is 13.0 Å². The zero-order chi connectivity index (χ0) is 20.7. The summed E-state index contributed by atoms with van der Waals surface area (Å²) in [7, 11) is 1.50. The number of anilines is 1. The summed E-state index contributed by atoms with van der Waals surface area (Å²) in [5.74, 6) is -0.317. The fourth-order valence-corrected chi connectivity index (χ4v) is 2.50. The fraction of sp³-hybridized carbons (Fsp3) is 0.250. The van der Waals surface area contributed by atoms with Crippen LogP contribution in [-0.4, -0.2) is 31.7 Å². The van der Waals surface area contributed by atoms with Gasteiger partial charge in [0.05, 0.1) is 29.9 Å². The van der Waals surface area contributed by atoms with E-state index in [1.54, 1.807) is 6.07 Å². The van der Waals surface area contributed by atoms with Crippen molar-refractivity contribution < 1.29 is 23.8 Å². The van der Waals surface area contributed by atoms with Crippen LogP contribution in [0.4, 0.5) is 5.69 Å². The lowest BCUT2D eigenvalue weighted by molar-refractivity contribution is -0.123. The second kappa shape index (κ2) is 9.62. The van der Waals surface area contributed by atoms with Crippen molar-refractivity contribution in [2.24, 2.45) is 0 Å². The maximum Gasteiger partial charge on any atom is 0.339 e. The summed E-state index contributed by atoms with van der Waals surface area (Å²) >= 11 is 5.94. The number of nitrogens with zero attached hydrogens (tertiary/aromatic N) is 1. The van der Waals surface area contributed by atoms with Gasteiger partial charge >= 0.3 is 5.97 Å². The van der Waals surface area contributed by atoms with E-state index in [2.05, 4.69) is 5.32 Å². The molecule has 0 radical (unpaired) electrons. The second-order valence-corrected chi connectivity index (χ2v) is 6.05. The van der Waals surface area contributed by atoms with E-state index in [-0.39, 0.29) is 10.6 Å². The van der Waals surface area contributed by atoms with Crippen LogP contribution in [0.15, 0.2) is 36.4 Å². The van der Waals surface area contributed by atoms with Crippen molar-refractivity contribution >= 4 is 29.2 Å². The minimum atomic E-state index is -1.06. The van der Waals surface area contributed by atoms with E-state index in [9.17, 15) is 9.59 Å². The Labute approximate surface area is 167 Å². The smallest absolute Gasteiger partial charge is 0.339 e. The Morgan fingerprint density at radius 3 is 2.57 bits per heavy atom. The number of amides is 1. The third-order valence-corrected chi connectivity index (χ3v) is 4.02. The summed E-state index contributed by atoms with van der Waals surface area (Å²) in [6.45, 7) is 3.67. The van der Waals surface area contributed by atoms with Gasteiger partial charge in [0.2, 0.25) is 0 Å². The standard InChI is InChI=1S/C20H19ClN2O5/c1-4-27-18-9-13(6-8-17(18)26-3)20(25)28-12(2)19(24)23-15-7-5-14(11-22)16(21)10-15/h5-10,12H,4H2,1-3H3,(H,23,24)/t12-/m1/s1. The predicted octanol–water partition coefficient (Wildman–Crippen LogP) is 3.80. The molecular formula is C20H19ClN2O5. The maximum atomic E-state index is 12.3. The highest BCUT2D eigenvalue weighted by Gasteiger charge is 2.20. The molecular weight excluding hydrogens is 384 g/mol. The maximum absolute atomic E-state index is 12.3. The first-order valence-electron chi connectivity index (χ1n) is 8.42. The van der Waals surface area contributed by atoms with Crippen molar-refractivity contribution in [1.82, 2.24) is 0 Å². The number of nitrogens with one attached hydrogen (secondary N) is 1. The van der Waals surface area contributed by atoms with E-state index in [0.717, 1.165) is 0 Å². The van der Waals surface area contributed by atoms with Gasteiger partial charge < -0.3 is 19.5 Å². The normalized spacial score (nSPS) is 11.1. The zero-order valence-electron chi connectivity index (χ0n) is 15.6. The number of ether oxygens (including phenoxy) is 3. The monoisotopic (exact) mass is 402 g/mol. The Morgan fingerprint density at radius 2 is 1.96 bits per heavy atom. The van der Waals surface area contributed by atoms with E-state index in [0.29, 0.717) is 29.4 Å². The molecule has 0 aliphatic rings. The Morgan fingerprint density at radius 1 is 1.21 bits per heavy atom. The summed E-state index contributed by atoms with van der Waals surface area (Å²) in [4.78, 5) is 24.6. The third kappa shape index (κ3) is 5.15. The van der Waals surface area contributed by atoms with Crippen molar-refractivity contribution in [1.29, 1.82) is 5.26 Å². The first-order valence-corrected chi connectivity index (χ1v) is 8.79. The van der Waals surface area contributed by atoms with Crippen molar-refractivity contribution in [3.8, 4) is 17.6 Å². The highest BCUT2D eigenvalue weighted by molar-refractivity contribution is 6.32. The molecule has 1 amide bonds. The number of esters is 1. The molecule has 2 aromatic rings. The number of methoxy groups -OCH3 is 1. The van der Waals surface area contributed by atoms with Crippen LogP contribution in [0.3, 0.4) is 0 Å². The van der Waals surface area contributed by atoms with Gasteiger partial charge in [0.15, 0.2) is 17.6 Å². The molecule has 2 rings (SSSR count). The molecule has 1 N–H and O–H groups in total. The molecule has 0 spiro atoms. The Bertz CT molecular complexity index is 923. The van der Waals surface area contributed by atoms with Crippen molar-refractivity contribution in [2.75, 3.05) is 19.0 Å². The van der Waals surface area contributed by atoms with Crippen molar-refractivity contribution in [3.63, 3.8) is 0 Å². The number of carbonyl (C=O) groups is 2. The molecule has 2 aromatic carbocycles. The van der Waals surface area contributed by atoms with Crippen molar-refractivity contribution in [3.05, 3.63) is 52.5 Å². The number of hydrogen-bond acceptors (Lipinski definition) is 6. The predicted molar refractivity (Wildman–Crippen MR) is 104 cm³/mol. The van der Waals surface area contributed by atoms with Gasteiger partial charge in [-0.3, -0.25) is 4.79 Å². The highest BCUT2D eigenvalue weighted by atomic mass is 35.5. The highest BCUT2D eigenvalue weighted by Crippen LogP contribution is 2.28. The van der Waals surface area contributed by atoms with Crippen LogP contribution in [0.2, 0.25) is 5.02 Å². The molecule has 0 aromatic heterocycles. The van der Waals surface area contributed by atoms with Crippen LogP contribution in [0.5, 0.6) is 11.5 Å². The molecule has 0 heterocycles. The Hall–Kier alpha value is -3.24. The molecule has 0 bridgehead atoms. The van der Waals surface area contributed by atoms with E-state index in [4.69, 9.17) is 31.1 Å². The van der Waals surface area contributed by atoms with Gasteiger partial charge in [-0.2, -0.15) is 5.26 Å². The quantitative estimate of drug-likeness (QED) is 0.707. The number of halogens is 1. The molecule has 8 heteroatoms. The number of nitriles is 1. The second-order valence-electron chi connectivity index (χ2n) is 5.64. The molecule has 146 valence electrons. The lowest BCUT2D eigenvalue weighted by Gasteiger charge is -2.15. The molecule has 7 nitrogen and oxygen atoms in total. The topological polar surface area (TPSA) is 97.6 Å². The average molecular weight is 403 g/mol. The molecule has 0 aliphatic carbocycles. The fourth-order valence-electron chi connectivity index (χ4n) is 2.28. The summed E-state index contributed by atoms with van der Waals surface area (Å²) in [6.07, 6.45) is -1.06. The Kier molecular flexibility index (Phi) is 7.24. The minimum absolute atomic E-state index is 0.214. The number of benzene rings is 2. The summed E-state index contributed by atoms with van der Waals surface area (Å²) < 4.78 is 15.8. The molecule has 0 fully saturated rings. The molecule has 0 aliphatic heterocycles. The number of carbonyl (C=O) groups excluding carboxylic acids is 2. The molecule has 0 unspecified atom stereocenters. The first kappa shape index (κ1) is 21.1. The van der Waals surface area contributed by atoms with Crippen LogP contribution < -0.4 is 14.8 Å². The molecule has 1 atom stereocenters. The SMILES string of the molecule is CCOc1cc(C(=O)O[C@H](C)C(=O)Nc2ccc(C#N)c(Cl)c2)ccc1OC. The van der Waals surface area contributed by atoms with Crippen LogP contribution in [0, 0.1) is 11.3 Å². The van der Waals surface area contributed by atoms with Gasteiger partial charge in [-0.1, -0.05) is 11.6 Å². The molecule has 0 saturated heterocycles. The Balaban J connectivity index is 2.05. The lowest BCUT2D eigenvalue weighted by atomic mass is 10.2. The van der Waals surface area contributed by atoms with Crippen LogP contribution in [-0.2, 0) is 9.53 Å². The summed E-state index contributed by atoms with van der Waals surface area (Å²) in [5, 5.41) is 11.7.